The van der Waals surface area contributed by atoms with E-state index in [4.69, 9.17) is 0 Å². The molecular weight excluding hydrogens is 202 g/mol. The lowest BCUT2D eigenvalue weighted by Gasteiger charge is -2.17. The standard InChI is InChI=1S/C13H29NS/c1-5-7-13(14-9-6-2)11-15-10-8-12(3)4/h12-14H,5-11H2,1-4H3. The molecule has 0 rings (SSSR count). The molecule has 1 N–H and O–H groups in total. The Kier molecular flexibility index (Phi) is 11.0. The number of hydrogen-bond acceptors (Lipinski definition) is 2. The van der Waals surface area contributed by atoms with Gasteiger partial charge in [-0.15, -0.1) is 0 Å². The van der Waals surface area contributed by atoms with E-state index >= 15 is 0 Å². The molecule has 0 saturated heterocycles. The maximum absolute atomic E-state index is 3.64. The Labute approximate surface area is 101 Å². The van der Waals surface area contributed by atoms with E-state index in [1.165, 1.54) is 43.7 Å². The highest BCUT2D eigenvalue weighted by Gasteiger charge is 2.06. The second kappa shape index (κ2) is 10.8. The third-order valence-electron chi connectivity index (χ3n) is 2.48. The van der Waals surface area contributed by atoms with Gasteiger partial charge in [-0.3, -0.25) is 0 Å². The molecule has 0 radical (unpaired) electrons. The van der Waals surface area contributed by atoms with Gasteiger partial charge in [0.1, 0.15) is 0 Å². The van der Waals surface area contributed by atoms with E-state index in [2.05, 4.69) is 44.8 Å². The van der Waals surface area contributed by atoms with Crippen LogP contribution in [0.2, 0.25) is 0 Å². The first kappa shape index (κ1) is 15.3. The fourth-order valence-corrected chi connectivity index (χ4v) is 2.86. The van der Waals surface area contributed by atoms with Gasteiger partial charge in [0.05, 0.1) is 0 Å². The van der Waals surface area contributed by atoms with E-state index in [1.54, 1.807) is 0 Å². The van der Waals surface area contributed by atoms with Crippen molar-refractivity contribution in [3.8, 4) is 0 Å². The van der Waals surface area contributed by atoms with E-state index < -0.39 is 0 Å². The highest BCUT2D eigenvalue weighted by molar-refractivity contribution is 7.99. The van der Waals surface area contributed by atoms with Gasteiger partial charge in [-0.2, -0.15) is 11.8 Å². The quantitative estimate of drug-likeness (QED) is 0.572. The Morgan fingerprint density at radius 2 is 1.80 bits per heavy atom. The summed E-state index contributed by atoms with van der Waals surface area (Å²) in [5.74, 6) is 3.47. The first-order valence-electron chi connectivity index (χ1n) is 6.51. The molecule has 92 valence electrons. The summed E-state index contributed by atoms with van der Waals surface area (Å²) in [5, 5.41) is 3.64. The molecule has 0 aliphatic rings. The highest BCUT2D eigenvalue weighted by Crippen LogP contribution is 2.12. The molecule has 0 aromatic carbocycles. The number of thioether (sulfide) groups is 1. The van der Waals surface area contributed by atoms with Crippen molar-refractivity contribution in [2.45, 2.75) is 59.4 Å². The van der Waals surface area contributed by atoms with Crippen molar-refractivity contribution in [1.82, 2.24) is 5.32 Å². The Bertz CT molecular complexity index is 126. The summed E-state index contributed by atoms with van der Waals surface area (Å²) in [6.07, 6.45) is 5.23. The average molecular weight is 231 g/mol. The Morgan fingerprint density at radius 1 is 1.07 bits per heavy atom. The lowest BCUT2D eigenvalue weighted by Crippen LogP contribution is -2.31. The molecule has 1 unspecified atom stereocenters. The van der Waals surface area contributed by atoms with Gasteiger partial charge in [0.15, 0.2) is 0 Å². The first-order chi connectivity index (χ1) is 7.20. The van der Waals surface area contributed by atoms with Crippen molar-refractivity contribution in [1.29, 1.82) is 0 Å². The molecule has 0 saturated carbocycles. The van der Waals surface area contributed by atoms with E-state index in [0.29, 0.717) is 0 Å². The zero-order valence-corrected chi connectivity index (χ0v) is 11.8. The summed E-state index contributed by atoms with van der Waals surface area (Å²) < 4.78 is 0. The molecule has 0 heterocycles. The molecule has 0 aromatic rings. The fraction of sp³-hybridized carbons (Fsp3) is 1.00. The molecule has 0 amide bonds. The summed E-state index contributed by atoms with van der Waals surface area (Å²) in [7, 11) is 0. The first-order valence-corrected chi connectivity index (χ1v) is 7.67. The molecule has 0 aliphatic heterocycles. The van der Waals surface area contributed by atoms with Crippen molar-refractivity contribution in [3.05, 3.63) is 0 Å². The normalized spacial score (nSPS) is 13.4. The Morgan fingerprint density at radius 3 is 2.33 bits per heavy atom. The minimum absolute atomic E-state index is 0.743. The van der Waals surface area contributed by atoms with Crippen molar-refractivity contribution < 1.29 is 0 Å². The van der Waals surface area contributed by atoms with Gasteiger partial charge in [-0.25, -0.2) is 0 Å². The van der Waals surface area contributed by atoms with E-state index in [9.17, 15) is 0 Å². The zero-order valence-electron chi connectivity index (χ0n) is 11.0. The van der Waals surface area contributed by atoms with Crippen LogP contribution >= 0.6 is 11.8 Å². The number of nitrogens with one attached hydrogen (secondary N) is 1. The van der Waals surface area contributed by atoms with Crippen LogP contribution < -0.4 is 5.32 Å². The van der Waals surface area contributed by atoms with Gasteiger partial charge in [-0.1, -0.05) is 34.1 Å². The summed E-state index contributed by atoms with van der Waals surface area (Å²) in [6, 6.07) is 0.743. The minimum atomic E-state index is 0.743. The topological polar surface area (TPSA) is 12.0 Å². The third-order valence-corrected chi connectivity index (χ3v) is 3.64. The number of hydrogen-bond donors (Lipinski definition) is 1. The van der Waals surface area contributed by atoms with Crippen LogP contribution in [-0.4, -0.2) is 24.1 Å². The van der Waals surface area contributed by atoms with Crippen LogP contribution in [-0.2, 0) is 0 Å². The molecule has 2 heteroatoms. The van der Waals surface area contributed by atoms with Crippen LogP contribution in [0.25, 0.3) is 0 Å². The van der Waals surface area contributed by atoms with Crippen LogP contribution in [0.4, 0.5) is 0 Å². The predicted molar refractivity (Wildman–Crippen MR) is 73.8 cm³/mol. The maximum Gasteiger partial charge on any atom is 0.0158 e. The fourth-order valence-electron chi connectivity index (χ4n) is 1.49. The van der Waals surface area contributed by atoms with E-state index in [1.807, 2.05) is 0 Å². The predicted octanol–water partition coefficient (Wildman–Crippen LogP) is 3.93. The lowest BCUT2D eigenvalue weighted by atomic mass is 10.2. The number of rotatable bonds is 10. The van der Waals surface area contributed by atoms with Crippen LogP contribution in [0.1, 0.15) is 53.4 Å². The summed E-state index contributed by atoms with van der Waals surface area (Å²) in [5.41, 5.74) is 0. The third kappa shape index (κ3) is 10.6. The van der Waals surface area contributed by atoms with Crippen molar-refractivity contribution >= 4 is 11.8 Å². The van der Waals surface area contributed by atoms with Gasteiger partial charge >= 0.3 is 0 Å². The minimum Gasteiger partial charge on any atom is -0.313 e. The molecule has 0 aliphatic carbocycles. The van der Waals surface area contributed by atoms with Gasteiger partial charge < -0.3 is 5.32 Å². The largest absolute Gasteiger partial charge is 0.313 e. The van der Waals surface area contributed by atoms with E-state index in [-0.39, 0.29) is 0 Å². The monoisotopic (exact) mass is 231 g/mol. The summed E-state index contributed by atoms with van der Waals surface area (Å²) >= 11 is 2.12. The van der Waals surface area contributed by atoms with Crippen LogP contribution in [0, 0.1) is 5.92 Å². The molecule has 1 atom stereocenters. The highest BCUT2D eigenvalue weighted by atomic mass is 32.2. The van der Waals surface area contributed by atoms with Crippen LogP contribution in [0.15, 0.2) is 0 Å². The second-order valence-corrected chi connectivity index (χ2v) is 5.85. The Balaban J connectivity index is 3.47. The SMILES string of the molecule is CCCNC(CCC)CSCCC(C)C. The van der Waals surface area contributed by atoms with Gasteiger partial charge in [0, 0.05) is 11.8 Å². The molecular formula is C13H29NS. The van der Waals surface area contributed by atoms with Gasteiger partial charge in [0.25, 0.3) is 0 Å². The van der Waals surface area contributed by atoms with Crippen LogP contribution in [0.3, 0.4) is 0 Å². The summed E-state index contributed by atoms with van der Waals surface area (Å²) in [6.45, 7) is 10.3. The van der Waals surface area contributed by atoms with E-state index in [0.717, 1.165) is 12.0 Å². The second-order valence-electron chi connectivity index (χ2n) is 4.70. The molecule has 0 aromatic heterocycles. The van der Waals surface area contributed by atoms with Gasteiger partial charge in [-0.05, 0) is 37.5 Å². The van der Waals surface area contributed by atoms with Crippen molar-refractivity contribution in [3.63, 3.8) is 0 Å². The lowest BCUT2D eigenvalue weighted by molar-refractivity contribution is 0.514. The zero-order chi connectivity index (χ0) is 11.5. The average Bonchev–Trinajstić information content (AvgIpc) is 2.20. The molecule has 1 nitrogen and oxygen atoms in total. The van der Waals surface area contributed by atoms with Crippen molar-refractivity contribution in [2.24, 2.45) is 5.92 Å². The molecule has 0 spiro atoms. The molecule has 15 heavy (non-hydrogen) atoms. The maximum atomic E-state index is 3.64. The molecule has 0 fully saturated rings. The van der Waals surface area contributed by atoms with Crippen molar-refractivity contribution in [2.75, 3.05) is 18.1 Å². The molecule has 0 bridgehead atoms. The Hall–Kier alpha value is 0.310. The summed E-state index contributed by atoms with van der Waals surface area (Å²) in [4.78, 5) is 0. The smallest absolute Gasteiger partial charge is 0.0158 e. The van der Waals surface area contributed by atoms with Crippen LogP contribution in [0.5, 0.6) is 0 Å². The van der Waals surface area contributed by atoms with Gasteiger partial charge in [0.2, 0.25) is 0 Å².